The first-order chi connectivity index (χ1) is 16.8. The molecule has 204 valence electrons. The third-order valence-electron chi connectivity index (χ3n) is 5.74. The number of amides is 3. The molecular weight excluding hydrogens is 478 g/mol. The number of carbonyl (C=O) groups excluding carboxylic acids is 3. The van der Waals surface area contributed by atoms with E-state index < -0.39 is 29.7 Å². The Labute approximate surface area is 220 Å². The molecule has 0 heterocycles. The zero-order valence-electron chi connectivity index (χ0n) is 23.1. The summed E-state index contributed by atoms with van der Waals surface area (Å²) in [6.07, 6.45) is 3.28. The van der Waals surface area contributed by atoms with Crippen molar-refractivity contribution in [1.82, 2.24) is 15.5 Å². The number of hydrogen-bond acceptors (Lipinski definition) is 6. The molecule has 3 unspecified atom stereocenters. The number of nitrogens with zero attached hydrogens (tertiary/aromatic N) is 1. The average molecular weight is 524 g/mol. The molecule has 0 saturated heterocycles. The van der Waals surface area contributed by atoms with Gasteiger partial charge in [-0.2, -0.15) is 11.8 Å². The number of aliphatic hydroxyl groups excluding tert-OH is 1. The lowest BCUT2D eigenvalue weighted by atomic mass is 9.97. The van der Waals surface area contributed by atoms with Crippen LogP contribution in [0.1, 0.15) is 76.6 Å². The molecule has 0 aliphatic rings. The predicted octanol–water partition coefficient (Wildman–Crippen LogP) is 4.12. The first kappa shape index (κ1) is 31.8. The van der Waals surface area contributed by atoms with Crippen LogP contribution in [0, 0.1) is 13.8 Å². The van der Waals surface area contributed by atoms with Crippen LogP contribution in [0.25, 0.3) is 0 Å². The highest BCUT2D eigenvalue weighted by Gasteiger charge is 2.36. The van der Waals surface area contributed by atoms with Gasteiger partial charge in [0, 0.05) is 12.6 Å². The van der Waals surface area contributed by atoms with Gasteiger partial charge in [0.25, 0.3) is 0 Å². The number of aryl methyl sites for hydroxylation is 2. The van der Waals surface area contributed by atoms with Gasteiger partial charge >= 0.3 is 6.09 Å². The monoisotopic (exact) mass is 523 g/mol. The van der Waals surface area contributed by atoms with Crippen LogP contribution in [0.2, 0.25) is 0 Å². The van der Waals surface area contributed by atoms with Crippen LogP contribution in [-0.4, -0.2) is 70.8 Å². The molecule has 0 bridgehead atoms. The number of alkyl carbamates (subject to hydrolysis) is 1. The molecule has 0 fully saturated rings. The van der Waals surface area contributed by atoms with E-state index in [0.717, 1.165) is 24.0 Å². The molecule has 0 spiro atoms. The molecule has 0 aliphatic carbocycles. The van der Waals surface area contributed by atoms with Gasteiger partial charge in [0.05, 0.1) is 6.61 Å². The van der Waals surface area contributed by atoms with Gasteiger partial charge in [0.2, 0.25) is 11.8 Å². The predicted molar refractivity (Wildman–Crippen MR) is 146 cm³/mol. The van der Waals surface area contributed by atoms with E-state index in [1.807, 2.05) is 52.1 Å². The summed E-state index contributed by atoms with van der Waals surface area (Å²) in [6.45, 7) is 12.8. The van der Waals surface area contributed by atoms with Crippen molar-refractivity contribution in [3.8, 4) is 0 Å². The molecule has 1 rings (SSSR count). The quantitative estimate of drug-likeness (QED) is 0.359. The second kappa shape index (κ2) is 15.1. The Balaban J connectivity index is 3.45. The Hall–Kier alpha value is -2.26. The summed E-state index contributed by atoms with van der Waals surface area (Å²) < 4.78 is 5.38. The fourth-order valence-electron chi connectivity index (χ4n) is 3.85. The fraction of sp³-hybridized carbons (Fsp3) is 0.667. The molecule has 8 nitrogen and oxygen atoms in total. The molecular formula is C27H45N3O5S. The van der Waals surface area contributed by atoms with Crippen molar-refractivity contribution in [2.45, 2.75) is 91.5 Å². The number of ether oxygens (including phenoxy) is 1. The molecule has 0 aliphatic heterocycles. The third kappa shape index (κ3) is 10.4. The number of benzene rings is 1. The molecule has 0 saturated carbocycles. The van der Waals surface area contributed by atoms with Crippen molar-refractivity contribution in [2.75, 3.05) is 25.2 Å². The third-order valence-corrected chi connectivity index (χ3v) is 6.38. The Kier molecular flexibility index (Phi) is 13.3. The Morgan fingerprint density at radius 3 is 2.31 bits per heavy atom. The van der Waals surface area contributed by atoms with Gasteiger partial charge in [-0.1, -0.05) is 31.5 Å². The highest BCUT2D eigenvalue weighted by Crippen LogP contribution is 2.25. The van der Waals surface area contributed by atoms with E-state index in [-0.39, 0.29) is 25.1 Å². The molecule has 1 aromatic rings. The van der Waals surface area contributed by atoms with Crippen molar-refractivity contribution in [3.05, 3.63) is 34.9 Å². The first-order valence-corrected chi connectivity index (χ1v) is 14.0. The van der Waals surface area contributed by atoms with Crippen LogP contribution in [-0.2, 0) is 14.3 Å². The fourth-order valence-corrected chi connectivity index (χ4v) is 4.32. The van der Waals surface area contributed by atoms with Crippen molar-refractivity contribution < 1.29 is 24.2 Å². The maximum absolute atomic E-state index is 13.9. The van der Waals surface area contributed by atoms with E-state index in [0.29, 0.717) is 17.7 Å². The smallest absolute Gasteiger partial charge is 0.408 e. The van der Waals surface area contributed by atoms with Gasteiger partial charge in [-0.05, 0) is 83.1 Å². The summed E-state index contributed by atoms with van der Waals surface area (Å²) in [5.41, 5.74) is 2.00. The lowest BCUT2D eigenvalue weighted by Gasteiger charge is -2.35. The second-order valence-electron chi connectivity index (χ2n) is 10.2. The molecule has 3 N–H and O–H groups in total. The van der Waals surface area contributed by atoms with Gasteiger partial charge in [-0.25, -0.2) is 4.79 Å². The lowest BCUT2D eigenvalue weighted by Crippen LogP contribution is -2.54. The van der Waals surface area contributed by atoms with Crippen LogP contribution < -0.4 is 10.6 Å². The first-order valence-electron chi connectivity index (χ1n) is 12.6. The summed E-state index contributed by atoms with van der Waals surface area (Å²) in [7, 11) is 0. The average Bonchev–Trinajstić information content (AvgIpc) is 2.77. The highest BCUT2D eigenvalue weighted by molar-refractivity contribution is 7.98. The molecule has 1 aromatic carbocycles. The van der Waals surface area contributed by atoms with Gasteiger partial charge in [-0.15, -0.1) is 0 Å². The van der Waals surface area contributed by atoms with E-state index in [9.17, 15) is 19.5 Å². The summed E-state index contributed by atoms with van der Waals surface area (Å²) in [5, 5.41) is 15.6. The topological polar surface area (TPSA) is 108 Å². The minimum Gasteiger partial charge on any atom is -0.444 e. The summed E-state index contributed by atoms with van der Waals surface area (Å²) >= 11 is 1.55. The van der Waals surface area contributed by atoms with E-state index >= 15 is 0 Å². The molecule has 3 amide bonds. The second-order valence-corrected chi connectivity index (χ2v) is 11.2. The van der Waals surface area contributed by atoms with Crippen LogP contribution in [0.15, 0.2) is 18.2 Å². The Morgan fingerprint density at radius 1 is 1.11 bits per heavy atom. The molecule has 0 aromatic heterocycles. The van der Waals surface area contributed by atoms with Crippen LogP contribution in [0.4, 0.5) is 4.79 Å². The van der Waals surface area contributed by atoms with Gasteiger partial charge < -0.3 is 25.4 Å². The van der Waals surface area contributed by atoms with Crippen LogP contribution in [0.3, 0.4) is 0 Å². The summed E-state index contributed by atoms with van der Waals surface area (Å²) in [6, 6.07) is 3.72. The van der Waals surface area contributed by atoms with E-state index in [4.69, 9.17) is 4.74 Å². The maximum Gasteiger partial charge on any atom is 0.408 e. The van der Waals surface area contributed by atoms with Gasteiger partial charge in [0.15, 0.2) is 0 Å². The van der Waals surface area contributed by atoms with Crippen LogP contribution in [0.5, 0.6) is 0 Å². The minimum absolute atomic E-state index is 0.0578. The van der Waals surface area contributed by atoms with Gasteiger partial charge in [-0.3, -0.25) is 9.59 Å². The zero-order chi connectivity index (χ0) is 27.5. The summed E-state index contributed by atoms with van der Waals surface area (Å²) in [5.74, 6) is -0.139. The summed E-state index contributed by atoms with van der Waals surface area (Å²) in [4.78, 5) is 41.4. The van der Waals surface area contributed by atoms with Crippen molar-refractivity contribution in [3.63, 3.8) is 0 Å². The number of aliphatic hydroxyl groups is 1. The van der Waals surface area contributed by atoms with E-state index in [1.165, 1.54) is 4.90 Å². The SMILES string of the molecule is CCCC(C)NC(=O)C(c1ccc(C)c(C)c1)N(CCO)C(=O)C(CCSC)NC(=O)OC(C)(C)C. The van der Waals surface area contributed by atoms with E-state index in [2.05, 4.69) is 10.6 Å². The number of nitrogens with one attached hydrogen (secondary N) is 2. The minimum atomic E-state index is -0.958. The maximum atomic E-state index is 13.9. The zero-order valence-corrected chi connectivity index (χ0v) is 24.0. The number of rotatable bonds is 13. The Morgan fingerprint density at radius 2 is 1.78 bits per heavy atom. The standard InChI is InChI=1S/C27H45N3O5S/c1-9-10-20(4)28-24(32)23(21-12-11-18(2)19(3)17-21)30(14-15-31)25(33)22(13-16-36-8)29-26(34)35-27(5,6)7/h11-12,17,20,22-23,31H,9-10,13-16H2,1-8H3,(H,28,32)(H,29,34). The van der Waals surface area contributed by atoms with Crippen LogP contribution >= 0.6 is 11.8 Å². The number of hydrogen-bond donors (Lipinski definition) is 3. The van der Waals surface area contributed by atoms with E-state index in [1.54, 1.807) is 32.5 Å². The van der Waals surface area contributed by atoms with Crippen molar-refractivity contribution in [1.29, 1.82) is 0 Å². The number of thioether (sulfide) groups is 1. The largest absolute Gasteiger partial charge is 0.444 e. The van der Waals surface area contributed by atoms with Crippen molar-refractivity contribution in [2.24, 2.45) is 0 Å². The number of carbonyl (C=O) groups is 3. The molecule has 0 radical (unpaired) electrons. The van der Waals surface area contributed by atoms with Gasteiger partial charge in [0.1, 0.15) is 17.7 Å². The molecule has 36 heavy (non-hydrogen) atoms. The molecule has 9 heteroatoms. The highest BCUT2D eigenvalue weighted by atomic mass is 32.2. The lowest BCUT2D eigenvalue weighted by molar-refractivity contribution is -0.143. The normalized spacial score (nSPS) is 13.9. The van der Waals surface area contributed by atoms with Crippen molar-refractivity contribution >= 4 is 29.7 Å². The Bertz CT molecular complexity index is 871. The molecule has 3 atom stereocenters.